The van der Waals surface area contributed by atoms with E-state index >= 15 is 0 Å². The highest BCUT2D eigenvalue weighted by Gasteiger charge is 2.29. The van der Waals surface area contributed by atoms with E-state index in [1.54, 1.807) is 55.5 Å². The molecule has 1 aromatic heterocycles. The third kappa shape index (κ3) is 4.68. The van der Waals surface area contributed by atoms with Gasteiger partial charge in [-0.15, -0.1) is 0 Å². The first kappa shape index (κ1) is 19.9. The van der Waals surface area contributed by atoms with Gasteiger partial charge in [-0.05, 0) is 55.3 Å². The molecule has 0 bridgehead atoms. The molecule has 0 atom stereocenters. The van der Waals surface area contributed by atoms with Crippen molar-refractivity contribution < 1.29 is 17.6 Å². The van der Waals surface area contributed by atoms with Gasteiger partial charge in [-0.3, -0.25) is 4.79 Å². The molecular weight excluding hydrogens is 376 g/mol. The van der Waals surface area contributed by atoms with Crippen molar-refractivity contribution in [1.29, 1.82) is 0 Å². The van der Waals surface area contributed by atoms with Gasteiger partial charge in [0.25, 0.3) is 0 Å². The van der Waals surface area contributed by atoms with E-state index in [0.29, 0.717) is 17.0 Å². The quantitative estimate of drug-likeness (QED) is 0.658. The fourth-order valence-electron chi connectivity index (χ4n) is 2.81. The number of hydrogen-bond acceptors (Lipinski definition) is 4. The highest BCUT2D eigenvalue weighted by atomic mass is 32.2. The summed E-state index contributed by atoms with van der Waals surface area (Å²) in [5.74, 6) is 0.0352. The molecule has 6 nitrogen and oxygen atoms in total. The molecule has 0 radical (unpaired) electrons. The van der Waals surface area contributed by atoms with E-state index < -0.39 is 15.9 Å². The first-order chi connectivity index (χ1) is 13.4. The second kappa shape index (κ2) is 8.41. The van der Waals surface area contributed by atoms with Crippen molar-refractivity contribution in [2.45, 2.75) is 25.3 Å². The number of rotatable bonds is 7. The maximum atomic E-state index is 13.3. The first-order valence-corrected chi connectivity index (χ1v) is 10.2. The maximum absolute atomic E-state index is 13.3. The molecule has 0 spiro atoms. The van der Waals surface area contributed by atoms with Crippen molar-refractivity contribution in [1.82, 2.24) is 4.31 Å². The molecule has 0 aliphatic rings. The Morgan fingerprint density at radius 1 is 1.04 bits per heavy atom. The fourth-order valence-corrected chi connectivity index (χ4v) is 4.48. The van der Waals surface area contributed by atoms with Gasteiger partial charge in [0, 0.05) is 5.69 Å². The molecule has 0 unspecified atom stereocenters. The van der Waals surface area contributed by atoms with Crippen molar-refractivity contribution in [2.75, 3.05) is 11.9 Å². The Morgan fingerprint density at radius 2 is 1.79 bits per heavy atom. The smallest absolute Gasteiger partial charge is 0.244 e. The fraction of sp³-hybridized carbons (Fsp3) is 0.190. The number of nitrogens with one attached hydrogen (secondary N) is 1. The largest absolute Gasteiger partial charge is 0.468 e. The molecule has 2 aromatic carbocycles. The van der Waals surface area contributed by atoms with Crippen LogP contribution in [0.3, 0.4) is 0 Å². The molecule has 146 valence electrons. The van der Waals surface area contributed by atoms with Gasteiger partial charge in [-0.25, -0.2) is 8.42 Å². The SMILES string of the molecule is Cc1ccc(C)c(S(=O)(=O)N(CC(=O)Nc2ccccc2)Cc2ccco2)c1. The number of hydrogen-bond donors (Lipinski definition) is 1. The Balaban J connectivity index is 1.90. The van der Waals surface area contributed by atoms with Gasteiger partial charge in [-0.1, -0.05) is 30.3 Å². The van der Waals surface area contributed by atoms with Crippen LogP contribution in [0, 0.1) is 13.8 Å². The predicted molar refractivity (Wildman–Crippen MR) is 107 cm³/mol. The lowest BCUT2D eigenvalue weighted by Crippen LogP contribution is -2.37. The molecule has 1 heterocycles. The molecule has 1 amide bonds. The minimum Gasteiger partial charge on any atom is -0.468 e. The molecule has 1 N–H and O–H groups in total. The predicted octanol–water partition coefficient (Wildman–Crippen LogP) is 3.73. The lowest BCUT2D eigenvalue weighted by atomic mass is 10.2. The second-order valence-electron chi connectivity index (χ2n) is 6.54. The Morgan fingerprint density at radius 3 is 2.46 bits per heavy atom. The minimum absolute atomic E-state index is 0.0368. The van der Waals surface area contributed by atoms with Crippen LogP contribution in [0.1, 0.15) is 16.9 Å². The Labute approximate surface area is 164 Å². The summed E-state index contributed by atoms with van der Waals surface area (Å²) in [5.41, 5.74) is 2.06. The molecule has 3 aromatic rings. The van der Waals surface area contributed by atoms with E-state index in [1.807, 2.05) is 19.1 Å². The van der Waals surface area contributed by atoms with E-state index in [0.717, 1.165) is 9.87 Å². The van der Waals surface area contributed by atoms with Crippen molar-refractivity contribution in [3.05, 3.63) is 83.8 Å². The van der Waals surface area contributed by atoms with Crippen LogP contribution >= 0.6 is 0 Å². The third-order valence-corrected chi connectivity index (χ3v) is 6.18. The number of furan rings is 1. The standard InChI is InChI=1S/C21H22N2O4S/c1-16-10-11-17(2)20(13-16)28(25,26)23(14-19-9-6-12-27-19)15-21(24)22-18-7-4-3-5-8-18/h3-13H,14-15H2,1-2H3,(H,22,24). The number of nitrogens with zero attached hydrogens (tertiary/aromatic N) is 1. The topological polar surface area (TPSA) is 79.6 Å². The minimum atomic E-state index is -3.91. The average molecular weight is 398 g/mol. The molecule has 7 heteroatoms. The number of para-hydroxylation sites is 1. The molecule has 0 saturated carbocycles. The number of sulfonamides is 1. The van der Waals surface area contributed by atoms with E-state index in [9.17, 15) is 13.2 Å². The summed E-state index contributed by atoms with van der Waals surface area (Å²) >= 11 is 0. The Hall–Kier alpha value is -2.90. The monoisotopic (exact) mass is 398 g/mol. The summed E-state index contributed by atoms with van der Waals surface area (Å²) in [5, 5.41) is 2.73. The van der Waals surface area contributed by atoms with Gasteiger partial charge in [0.15, 0.2) is 0 Å². The summed E-state index contributed by atoms with van der Waals surface area (Å²) in [6.45, 7) is 3.20. The number of anilines is 1. The number of aryl methyl sites for hydroxylation is 2. The normalized spacial score (nSPS) is 11.5. The van der Waals surface area contributed by atoms with Crippen LogP contribution in [-0.2, 0) is 21.4 Å². The zero-order valence-corrected chi connectivity index (χ0v) is 16.6. The average Bonchev–Trinajstić information content (AvgIpc) is 3.17. The van der Waals surface area contributed by atoms with Gasteiger partial charge >= 0.3 is 0 Å². The molecule has 0 fully saturated rings. The van der Waals surface area contributed by atoms with Crippen molar-refractivity contribution in [3.8, 4) is 0 Å². The van der Waals surface area contributed by atoms with Gasteiger partial charge in [-0.2, -0.15) is 4.31 Å². The molecular formula is C21H22N2O4S. The molecule has 28 heavy (non-hydrogen) atoms. The van der Waals surface area contributed by atoms with Gasteiger partial charge in [0.2, 0.25) is 15.9 Å². The van der Waals surface area contributed by atoms with E-state index in [1.165, 1.54) is 6.26 Å². The number of amides is 1. The van der Waals surface area contributed by atoms with E-state index in [4.69, 9.17) is 4.42 Å². The Bertz CT molecular complexity index is 1050. The third-order valence-electron chi connectivity index (χ3n) is 4.25. The lowest BCUT2D eigenvalue weighted by molar-refractivity contribution is -0.116. The van der Waals surface area contributed by atoms with Crippen molar-refractivity contribution in [3.63, 3.8) is 0 Å². The number of carbonyl (C=O) groups is 1. The Kier molecular flexibility index (Phi) is 5.96. The van der Waals surface area contributed by atoms with Gasteiger partial charge in [0.1, 0.15) is 5.76 Å². The van der Waals surface area contributed by atoms with Crippen LogP contribution < -0.4 is 5.32 Å². The van der Waals surface area contributed by atoms with Crippen LogP contribution in [0.4, 0.5) is 5.69 Å². The molecule has 0 aliphatic carbocycles. The summed E-state index contributed by atoms with van der Waals surface area (Å²) < 4.78 is 33.1. The zero-order chi connectivity index (χ0) is 20.1. The molecule has 0 saturated heterocycles. The second-order valence-corrected chi connectivity index (χ2v) is 8.44. The lowest BCUT2D eigenvalue weighted by Gasteiger charge is -2.22. The molecule has 0 aliphatic heterocycles. The van der Waals surface area contributed by atoms with Crippen molar-refractivity contribution >= 4 is 21.6 Å². The van der Waals surface area contributed by atoms with Crippen LogP contribution in [0.15, 0.2) is 76.2 Å². The highest BCUT2D eigenvalue weighted by Crippen LogP contribution is 2.23. The van der Waals surface area contributed by atoms with E-state index in [-0.39, 0.29) is 18.0 Å². The van der Waals surface area contributed by atoms with Crippen LogP contribution in [0.25, 0.3) is 0 Å². The van der Waals surface area contributed by atoms with Crippen LogP contribution in [-0.4, -0.2) is 25.2 Å². The first-order valence-electron chi connectivity index (χ1n) is 8.81. The van der Waals surface area contributed by atoms with E-state index in [2.05, 4.69) is 5.32 Å². The van der Waals surface area contributed by atoms with Gasteiger partial charge < -0.3 is 9.73 Å². The molecule has 3 rings (SSSR count). The maximum Gasteiger partial charge on any atom is 0.244 e. The highest BCUT2D eigenvalue weighted by molar-refractivity contribution is 7.89. The van der Waals surface area contributed by atoms with Crippen LogP contribution in [0.5, 0.6) is 0 Å². The number of carbonyl (C=O) groups excluding carboxylic acids is 1. The van der Waals surface area contributed by atoms with Crippen molar-refractivity contribution in [2.24, 2.45) is 0 Å². The summed E-state index contributed by atoms with van der Waals surface area (Å²) in [6, 6.07) is 17.5. The summed E-state index contributed by atoms with van der Waals surface area (Å²) in [6.07, 6.45) is 1.47. The van der Waals surface area contributed by atoms with Crippen LogP contribution in [0.2, 0.25) is 0 Å². The summed E-state index contributed by atoms with van der Waals surface area (Å²) in [7, 11) is -3.91. The van der Waals surface area contributed by atoms with Gasteiger partial charge in [0.05, 0.1) is 24.2 Å². The zero-order valence-electron chi connectivity index (χ0n) is 15.8. The number of benzene rings is 2. The summed E-state index contributed by atoms with van der Waals surface area (Å²) in [4.78, 5) is 12.7.